The van der Waals surface area contributed by atoms with Crippen molar-refractivity contribution in [3.05, 3.63) is 101 Å². The minimum atomic E-state index is -0.296. The standard InChI is InChI=1S/C28H26N2O4/c1-34-23-11-5-7-19(17-23)16-22-10-6-14-29(22)26(31)21-9-4-8-20(15-21)18-30-27(32)24-12-2-3-13-25(24)28(30)33/h2-5,7-9,11-13,15,17,22H,6,10,14,16,18H2,1H3. The summed E-state index contributed by atoms with van der Waals surface area (Å²) in [6, 6.07) is 22.2. The molecule has 0 radical (unpaired) electrons. The molecule has 2 aliphatic heterocycles. The molecule has 1 unspecified atom stereocenters. The number of fused-ring (bicyclic) bond motifs is 1. The molecule has 3 aromatic carbocycles. The van der Waals surface area contributed by atoms with Gasteiger partial charge in [-0.2, -0.15) is 0 Å². The molecule has 0 aliphatic carbocycles. The van der Waals surface area contributed by atoms with Crippen LogP contribution < -0.4 is 4.74 Å². The van der Waals surface area contributed by atoms with Crippen LogP contribution in [0.25, 0.3) is 0 Å². The van der Waals surface area contributed by atoms with E-state index in [1.54, 1.807) is 43.5 Å². The summed E-state index contributed by atoms with van der Waals surface area (Å²) in [5, 5.41) is 0. The number of carbonyl (C=O) groups excluding carboxylic acids is 3. The van der Waals surface area contributed by atoms with E-state index in [2.05, 4.69) is 6.07 Å². The Morgan fingerprint density at radius 3 is 2.35 bits per heavy atom. The number of hydrogen-bond donors (Lipinski definition) is 0. The van der Waals surface area contributed by atoms with Crippen LogP contribution in [0.2, 0.25) is 0 Å². The predicted octanol–water partition coefficient (Wildman–Crippen LogP) is 4.34. The number of carbonyl (C=O) groups is 3. The van der Waals surface area contributed by atoms with E-state index in [0.29, 0.717) is 16.7 Å². The quantitative estimate of drug-likeness (QED) is 0.520. The summed E-state index contributed by atoms with van der Waals surface area (Å²) < 4.78 is 5.33. The second kappa shape index (κ2) is 9.14. The molecule has 1 fully saturated rings. The van der Waals surface area contributed by atoms with Crippen LogP contribution in [-0.2, 0) is 13.0 Å². The monoisotopic (exact) mass is 454 g/mol. The second-order valence-corrected chi connectivity index (χ2v) is 8.79. The largest absolute Gasteiger partial charge is 0.497 e. The van der Waals surface area contributed by atoms with Crippen LogP contribution >= 0.6 is 0 Å². The number of benzene rings is 3. The fourth-order valence-electron chi connectivity index (χ4n) is 4.92. The molecule has 2 aliphatic rings. The fourth-order valence-corrected chi connectivity index (χ4v) is 4.92. The normalized spacial score (nSPS) is 17.3. The lowest BCUT2D eigenvalue weighted by Gasteiger charge is -2.25. The van der Waals surface area contributed by atoms with Crippen molar-refractivity contribution in [2.24, 2.45) is 0 Å². The Hall–Kier alpha value is -3.93. The zero-order valence-electron chi connectivity index (χ0n) is 19.1. The topological polar surface area (TPSA) is 66.9 Å². The Labute approximate surface area is 198 Å². The van der Waals surface area contributed by atoms with Gasteiger partial charge in [0.15, 0.2) is 0 Å². The molecular weight excluding hydrogens is 428 g/mol. The molecule has 3 amide bonds. The van der Waals surface area contributed by atoms with Crippen LogP contribution in [0.15, 0.2) is 72.8 Å². The summed E-state index contributed by atoms with van der Waals surface area (Å²) in [4.78, 5) is 42.1. The summed E-state index contributed by atoms with van der Waals surface area (Å²) in [6.07, 6.45) is 2.70. The number of nitrogens with zero attached hydrogens (tertiary/aromatic N) is 2. The first-order valence-electron chi connectivity index (χ1n) is 11.5. The van der Waals surface area contributed by atoms with Gasteiger partial charge in [-0.3, -0.25) is 19.3 Å². The van der Waals surface area contributed by atoms with Gasteiger partial charge < -0.3 is 9.64 Å². The van der Waals surface area contributed by atoms with Gasteiger partial charge in [0.25, 0.3) is 17.7 Å². The number of rotatable bonds is 6. The van der Waals surface area contributed by atoms with Crippen molar-refractivity contribution in [3.8, 4) is 5.75 Å². The van der Waals surface area contributed by atoms with E-state index in [-0.39, 0.29) is 30.3 Å². The van der Waals surface area contributed by atoms with Crippen molar-refractivity contribution in [2.75, 3.05) is 13.7 Å². The third-order valence-electron chi connectivity index (χ3n) is 6.64. The predicted molar refractivity (Wildman–Crippen MR) is 128 cm³/mol. The van der Waals surface area contributed by atoms with Crippen LogP contribution in [0, 0.1) is 0 Å². The van der Waals surface area contributed by atoms with Crippen molar-refractivity contribution in [2.45, 2.75) is 31.8 Å². The molecule has 6 heteroatoms. The molecule has 0 saturated carbocycles. The fraction of sp³-hybridized carbons (Fsp3) is 0.250. The van der Waals surface area contributed by atoms with Gasteiger partial charge in [0.2, 0.25) is 0 Å². The minimum Gasteiger partial charge on any atom is -0.497 e. The molecule has 6 nitrogen and oxygen atoms in total. The molecule has 1 saturated heterocycles. The number of imide groups is 1. The lowest BCUT2D eigenvalue weighted by molar-refractivity contribution is 0.0642. The van der Waals surface area contributed by atoms with Gasteiger partial charge in [0.05, 0.1) is 24.8 Å². The van der Waals surface area contributed by atoms with Gasteiger partial charge in [-0.05, 0) is 66.8 Å². The summed E-state index contributed by atoms with van der Waals surface area (Å²) in [6.45, 7) is 0.858. The lowest BCUT2D eigenvalue weighted by atomic mass is 10.0. The average molecular weight is 455 g/mol. The average Bonchev–Trinajstić information content (AvgIpc) is 3.42. The minimum absolute atomic E-state index is 0.0189. The van der Waals surface area contributed by atoms with Crippen molar-refractivity contribution in [1.82, 2.24) is 9.80 Å². The Morgan fingerprint density at radius 1 is 0.912 bits per heavy atom. The van der Waals surface area contributed by atoms with E-state index in [1.807, 2.05) is 35.2 Å². The Kier molecular flexibility index (Phi) is 5.88. The first kappa shape index (κ1) is 21.9. The number of methoxy groups -OCH3 is 1. The molecule has 0 aromatic heterocycles. The number of ether oxygens (including phenoxy) is 1. The Balaban J connectivity index is 1.31. The highest BCUT2D eigenvalue weighted by Crippen LogP contribution is 2.27. The highest BCUT2D eigenvalue weighted by molar-refractivity contribution is 6.21. The Morgan fingerprint density at radius 2 is 1.62 bits per heavy atom. The number of likely N-dealkylation sites (tertiary alicyclic amines) is 1. The molecule has 0 N–H and O–H groups in total. The number of hydrogen-bond acceptors (Lipinski definition) is 4. The molecule has 2 heterocycles. The van der Waals surface area contributed by atoms with E-state index < -0.39 is 0 Å². The highest BCUT2D eigenvalue weighted by atomic mass is 16.5. The van der Waals surface area contributed by atoms with Gasteiger partial charge >= 0.3 is 0 Å². The highest BCUT2D eigenvalue weighted by Gasteiger charge is 2.35. The van der Waals surface area contributed by atoms with Crippen LogP contribution in [0.3, 0.4) is 0 Å². The van der Waals surface area contributed by atoms with Gasteiger partial charge in [0, 0.05) is 18.2 Å². The number of amides is 3. The summed E-state index contributed by atoms with van der Waals surface area (Å²) in [7, 11) is 1.65. The van der Waals surface area contributed by atoms with E-state index >= 15 is 0 Å². The molecule has 5 rings (SSSR count). The van der Waals surface area contributed by atoms with Crippen LogP contribution in [0.4, 0.5) is 0 Å². The van der Waals surface area contributed by atoms with Crippen LogP contribution in [-0.4, -0.2) is 47.2 Å². The van der Waals surface area contributed by atoms with Gasteiger partial charge in [-0.15, -0.1) is 0 Å². The third kappa shape index (κ3) is 4.07. The zero-order chi connectivity index (χ0) is 23.7. The van der Waals surface area contributed by atoms with E-state index in [4.69, 9.17) is 4.74 Å². The Bertz CT molecular complexity index is 1230. The van der Waals surface area contributed by atoms with Crippen molar-refractivity contribution in [1.29, 1.82) is 0 Å². The molecule has 0 spiro atoms. The van der Waals surface area contributed by atoms with Gasteiger partial charge in [0.1, 0.15) is 5.75 Å². The second-order valence-electron chi connectivity index (χ2n) is 8.79. The maximum absolute atomic E-state index is 13.4. The van der Waals surface area contributed by atoms with Crippen molar-refractivity contribution < 1.29 is 19.1 Å². The molecule has 34 heavy (non-hydrogen) atoms. The molecule has 0 bridgehead atoms. The van der Waals surface area contributed by atoms with E-state index in [0.717, 1.165) is 42.7 Å². The zero-order valence-corrected chi connectivity index (χ0v) is 19.1. The maximum Gasteiger partial charge on any atom is 0.261 e. The molecule has 1 atom stereocenters. The van der Waals surface area contributed by atoms with Crippen molar-refractivity contribution in [3.63, 3.8) is 0 Å². The summed E-state index contributed by atoms with van der Waals surface area (Å²) in [5.41, 5.74) is 3.33. The van der Waals surface area contributed by atoms with E-state index in [9.17, 15) is 14.4 Å². The first-order chi connectivity index (χ1) is 16.5. The van der Waals surface area contributed by atoms with Crippen molar-refractivity contribution >= 4 is 17.7 Å². The van der Waals surface area contributed by atoms with Crippen LogP contribution in [0.1, 0.15) is 55.0 Å². The molecule has 172 valence electrons. The maximum atomic E-state index is 13.4. The third-order valence-corrected chi connectivity index (χ3v) is 6.64. The SMILES string of the molecule is COc1cccc(CC2CCCN2C(=O)c2cccc(CN3C(=O)c4ccccc4C3=O)c2)c1. The smallest absolute Gasteiger partial charge is 0.261 e. The lowest BCUT2D eigenvalue weighted by Crippen LogP contribution is -2.37. The first-order valence-corrected chi connectivity index (χ1v) is 11.5. The van der Waals surface area contributed by atoms with Gasteiger partial charge in [-0.1, -0.05) is 36.4 Å². The summed E-state index contributed by atoms with van der Waals surface area (Å²) in [5.74, 6) is 0.203. The van der Waals surface area contributed by atoms with E-state index in [1.165, 1.54) is 4.90 Å². The molecule has 3 aromatic rings. The summed E-state index contributed by atoms with van der Waals surface area (Å²) >= 11 is 0. The van der Waals surface area contributed by atoms with Crippen LogP contribution in [0.5, 0.6) is 5.75 Å². The van der Waals surface area contributed by atoms with Gasteiger partial charge in [-0.25, -0.2) is 0 Å². The molecular formula is C28H26N2O4.